The Hall–Kier alpha value is -1.10. The third-order valence-corrected chi connectivity index (χ3v) is 3.37. The molecule has 5 heteroatoms. The monoisotopic (exact) mass is 242 g/mol. The molecule has 1 aliphatic rings. The molecule has 0 saturated heterocycles. The van der Waals surface area contributed by atoms with Crippen LogP contribution in [0.2, 0.25) is 0 Å². The molecule has 0 bridgehead atoms. The summed E-state index contributed by atoms with van der Waals surface area (Å²) in [6, 6.07) is -0.210. The van der Waals surface area contributed by atoms with Gasteiger partial charge in [-0.1, -0.05) is 19.8 Å². The summed E-state index contributed by atoms with van der Waals surface area (Å²) in [5.41, 5.74) is 5.45. The average Bonchev–Trinajstić information content (AvgIpc) is 2.29. The summed E-state index contributed by atoms with van der Waals surface area (Å²) in [7, 11) is 0. The number of rotatable bonds is 5. The van der Waals surface area contributed by atoms with Crippen LogP contribution >= 0.6 is 0 Å². The molecule has 3 unspecified atom stereocenters. The maximum absolute atomic E-state index is 11.7. The highest BCUT2D eigenvalue weighted by Crippen LogP contribution is 2.24. The van der Waals surface area contributed by atoms with Crippen LogP contribution in [-0.4, -0.2) is 29.6 Å². The minimum absolute atomic E-state index is 0.0823. The average molecular weight is 242 g/mol. The van der Waals surface area contributed by atoms with E-state index in [0.717, 1.165) is 19.3 Å². The fourth-order valence-corrected chi connectivity index (χ4v) is 2.26. The minimum Gasteiger partial charge on any atom is -0.481 e. The molecule has 98 valence electrons. The Bertz CT molecular complexity index is 281. The molecular formula is C12H22N2O3. The molecular weight excluding hydrogens is 220 g/mol. The second-order valence-electron chi connectivity index (χ2n) is 4.95. The van der Waals surface area contributed by atoms with Gasteiger partial charge in [-0.05, 0) is 25.3 Å². The summed E-state index contributed by atoms with van der Waals surface area (Å²) in [6.45, 7) is 2.38. The maximum Gasteiger partial charge on any atom is 0.308 e. The molecule has 1 fully saturated rings. The number of carbonyl (C=O) groups excluding carboxylic acids is 1. The van der Waals surface area contributed by atoms with Crippen molar-refractivity contribution in [2.75, 3.05) is 6.54 Å². The minimum atomic E-state index is -0.804. The SMILES string of the molecule is CC(CN)CC(=O)NC1CCCCC1C(=O)O. The second-order valence-corrected chi connectivity index (χ2v) is 4.95. The Kier molecular flexibility index (Phi) is 5.41. The molecule has 5 nitrogen and oxygen atoms in total. The van der Waals surface area contributed by atoms with E-state index >= 15 is 0 Å². The number of hydrogen-bond acceptors (Lipinski definition) is 3. The number of nitrogens with one attached hydrogen (secondary N) is 1. The lowest BCUT2D eigenvalue weighted by Gasteiger charge is -2.29. The van der Waals surface area contributed by atoms with Gasteiger partial charge in [0.2, 0.25) is 5.91 Å². The van der Waals surface area contributed by atoms with Crippen LogP contribution in [0.3, 0.4) is 0 Å². The normalized spacial score (nSPS) is 26.2. The number of carbonyl (C=O) groups is 2. The van der Waals surface area contributed by atoms with E-state index in [1.807, 2.05) is 6.92 Å². The molecule has 0 aromatic rings. The molecule has 0 radical (unpaired) electrons. The summed E-state index contributed by atoms with van der Waals surface area (Å²) in [5.74, 6) is -1.18. The summed E-state index contributed by atoms with van der Waals surface area (Å²) < 4.78 is 0. The first-order chi connectivity index (χ1) is 8.04. The molecule has 0 heterocycles. The number of carboxylic acid groups (broad SMARTS) is 1. The molecule has 1 amide bonds. The highest BCUT2D eigenvalue weighted by molar-refractivity contribution is 5.78. The van der Waals surface area contributed by atoms with Crippen molar-refractivity contribution >= 4 is 11.9 Å². The molecule has 3 atom stereocenters. The highest BCUT2D eigenvalue weighted by atomic mass is 16.4. The van der Waals surface area contributed by atoms with Crippen LogP contribution in [0.4, 0.5) is 0 Å². The number of amides is 1. The molecule has 4 N–H and O–H groups in total. The zero-order valence-electron chi connectivity index (χ0n) is 10.3. The van der Waals surface area contributed by atoms with Crippen molar-refractivity contribution in [3.8, 4) is 0 Å². The van der Waals surface area contributed by atoms with Gasteiger partial charge in [-0.15, -0.1) is 0 Å². The van der Waals surface area contributed by atoms with Crippen molar-refractivity contribution in [1.29, 1.82) is 0 Å². The molecule has 1 aliphatic carbocycles. The molecule has 17 heavy (non-hydrogen) atoms. The van der Waals surface area contributed by atoms with Crippen molar-refractivity contribution in [1.82, 2.24) is 5.32 Å². The van der Waals surface area contributed by atoms with Crippen LogP contribution in [0.15, 0.2) is 0 Å². The fraction of sp³-hybridized carbons (Fsp3) is 0.833. The molecule has 0 spiro atoms. The van der Waals surface area contributed by atoms with Crippen molar-refractivity contribution in [2.45, 2.75) is 45.1 Å². The van der Waals surface area contributed by atoms with E-state index < -0.39 is 11.9 Å². The molecule has 1 saturated carbocycles. The number of aliphatic carboxylic acids is 1. The third-order valence-electron chi connectivity index (χ3n) is 3.37. The van der Waals surface area contributed by atoms with Gasteiger partial charge in [-0.25, -0.2) is 0 Å². The van der Waals surface area contributed by atoms with Gasteiger partial charge >= 0.3 is 5.97 Å². The fourth-order valence-electron chi connectivity index (χ4n) is 2.26. The highest BCUT2D eigenvalue weighted by Gasteiger charge is 2.31. The third kappa shape index (κ3) is 4.34. The quantitative estimate of drug-likeness (QED) is 0.662. The van der Waals surface area contributed by atoms with Crippen LogP contribution in [0.5, 0.6) is 0 Å². The van der Waals surface area contributed by atoms with Crippen LogP contribution in [0, 0.1) is 11.8 Å². The number of nitrogens with two attached hydrogens (primary N) is 1. The predicted molar refractivity (Wildman–Crippen MR) is 64.4 cm³/mol. The zero-order valence-corrected chi connectivity index (χ0v) is 10.3. The standard InChI is InChI=1S/C12H22N2O3/c1-8(7-13)6-11(15)14-10-5-3-2-4-9(10)12(16)17/h8-10H,2-7,13H2,1H3,(H,14,15)(H,16,17). The largest absolute Gasteiger partial charge is 0.481 e. The molecule has 0 aromatic heterocycles. The second kappa shape index (κ2) is 6.59. The number of carboxylic acids is 1. The van der Waals surface area contributed by atoms with Gasteiger partial charge in [0.15, 0.2) is 0 Å². The van der Waals surface area contributed by atoms with Gasteiger partial charge in [0.1, 0.15) is 0 Å². The molecule has 0 aliphatic heterocycles. The smallest absolute Gasteiger partial charge is 0.308 e. The van der Waals surface area contributed by atoms with Gasteiger partial charge in [0.25, 0.3) is 0 Å². The first kappa shape index (κ1) is 14.0. The van der Waals surface area contributed by atoms with E-state index in [0.29, 0.717) is 19.4 Å². The maximum atomic E-state index is 11.7. The van der Waals surface area contributed by atoms with Gasteiger partial charge in [-0.2, -0.15) is 0 Å². The first-order valence-electron chi connectivity index (χ1n) is 6.26. The Morgan fingerprint density at radius 3 is 2.65 bits per heavy atom. The summed E-state index contributed by atoms with van der Waals surface area (Å²) in [5, 5.41) is 11.9. The van der Waals surface area contributed by atoms with Crippen LogP contribution < -0.4 is 11.1 Å². The van der Waals surface area contributed by atoms with Gasteiger partial charge in [0.05, 0.1) is 5.92 Å². The van der Waals surface area contributed by atoms with Gasteiger partial charge in [0, 0.05) is 12.5 Å². The van der Waals surface area contributed by atoms with E-state index in [-0.39, 0.29) is 17.9 Å². The van der Waals surface area contributed by atoms with E-state index in [1.54, 1.807) is 0 Å². The Morgan fingerprint density at radius 1 is 1.41 bits per heavy atom. The Morgan fingerprint density at radius 2 is 2.06 bits per heavy atom. The van der Waals surface area contributed by atoms with E-state index in [2.05, 4.69) is 5.32 Å². The Labute approximate surface area is 102 Å². The van der Waals surface area contributed by atoms with Gasteiger partial charge in [-0.3, -0.25) is 9.59 Å². The van der Waals surface area contributed by atoms with Crippen molar-refractivity contribution in [2.24, 2.45) is 17.6 Å². The van der Waals surface area contributed by atoms with Crippen molar-refractivity contribution in [3.05, 3.63) is 0 Å². The van der Waals surface area contributed by atoms with E-state index in [1.165, 1.54) is 0 Å². The summed E-state index contributed by atoms with van der Waals surface area (Å²) in [6.07, 6.45) is 3.72. The van der Waals surface area contributed by atoms with Crippen molar-refractivity contribution in [3.63, 3.8) is 0 Å². The topological polar surface area (TPSA) is 92.4 Å². The summed E-state index contributed by atoms with van der Waals surface area (Å²) >= 11 is 0. The lowest BCUT2D eigenvalue weighted by Crippen LogP contribution is -2.45. The van der Waals surface area contributed by atoms with E-state index in [4.69, 9.17) is 10.8 Å². The van der Waals surface area contributed by atoms with Crippen LogP contribution in [0.1, 0.15) is 39.0 Å². The van der Waals surface area contributed by atoms with Crippen LogP contribution in [0.25, 0.3) is 0 Å². The lowest BCUT2D eigenvalue weighted by atomic mass is 9.84. The predicted octanol–water partition coefficient (Wildman–Crippen LogP) is 0.731. The molecule has 0 aromatic carbocycles. The zero-order chi connectivity index (χ0) is 12.8. The first-order valence-corrected chi connectivity index (χ1v) is 6.26. The van der Waals surface area contributed by atoms with Crippen molar-refractivity contribution < 1.29 is 14.7 Å². The molecule has 1 rings (SSSR count). The number of hydrogen-bond donors (Lipinski definition) is 3. The lowest BCUT2D eigenvalue weighted by molar-refractivity contribution is -0.144. The van der Waals surface area contributed by atoms with Gasteiger partial charge < -0.3 is 16.2 Å². The van der Waals surface area contributed by atoms with E-state index in [9.17, 15) is 9.59 Å². The summed E-state index contributed by atoms with van der Waals surface area (Å²) in [4.78, 5) is 22.7. The Balaban J connectivity index is 2.47. The van der Waals surface area contributed by atoms with Crippen LogP contribution in [-0.2, 0) is 9.59 Å².